The first-order valence-electron chi connectivity index (χ1n) is 3.29. The van der Waals surface area contributed by atoms with Crippen molar-refractivity contribution < 1.29 is 14.6 Å². The number of esters is 1. The van der Waals surface area contributed by atoms with Crippen molar-refractivity contribution in [1.29, 1.82) is 0 Å². The molecule has 0 fully saturated rings. The molecule has 0 aromatic rings. The Labute approximate surface area is 66.0 Å². The van der Waals surface area contributed by atoms with Gasteiger partial charge in [0.1, 0.15) is 0 Å². The molecule has 0 aromatic carbocycles. The van der Waals surface area contributed by atoms with Gasteiger partial charge in [-0.15, -0.1) is 0 Å². The lowest BCUT2D eigenvalue weighted by Crippen LogP contribution is -2.06. The predicted octanol–water partition coefficient (Wildman–Crippen LogP) is 1.57. The van der Waals surface area contributed by atoms with Crippen LogP contribution >= 0.6 is 0 Å². The Morgan fingerprint density at radius 2 is 2.09 bits per heavy atom. The molecule has 0 heterocycles. The number of hydrogen-bond acceptors (Lipinski definition) is 3. The molecule has 62 valence electrons. The van der Waals surface area contributed by atoms with Gasteiger partial charge in [-0.2, -0.15) is 0 Å². The van der Waals surface area contributed by atoms with Crippen LogP contribution in [0, 0.1) is 0 Å². The third kappa shape index (κ3) is 4.19. The third-order valence-electron chi connectivity index (χ3n) is 0.982. The minimum atomic E-state index is -0.484. The number of aliphatic hydroxyl groups excluding tert-OH is 1. The lowest BCUT2D eigenvalue weighted by molar-refractivity contribution is -0.138. The van der Waals surface area contributed by atoms with Crippen LogP contribution in [0.2, 0.25) is 0 Å². The molecule has 0 spiro atoms. The number of carbonyl (C=O) groups is 1. The van der Waals surface area contributed by atoms with Gasteiger partial charge in [-0.3, -0.25) is 0 Å². The molecular weight excluding hydrogens is 144 g/mol. The summed E-state index contributed by atoms with van der Waals surface area (Å²) in [7, 11) is 0. The largest absolute Gasteiger partial charge is 0.513 e. The van der Waals surface area contributed by atoms with E-state index in [0.29, 0.717) is 6.61 Å². The molecule has 0 aromatic heterocycles. The van der Waals surface area contributed by atoms with Crippen molar-refractivity contribution in [2.45, 2.75) is 13.3 Å². The lowest BCUT2D eigenvalue weighted by Gasteiger charge is -2.02. The second-order valence-electron chi connectivity index (χ2n) is 2.07. The number of aliphatic hydroxyl groups is 1. The van der Waals surface area contributed by atoms with Gasteiger partial charge in [-0.05, 0) is 6.92 Å². The van der Waals surface area contributed by atoms with Crippen molar-refractivity contribution in [2.24, 2.45) is 0 Å². The van der Waals surface area contributed by atoms with Crippen LogP contribution in [0.4, 0.5) is 0 Å². The molecule has 0 aliphatic heterocycles. The van der Waals surface area contributed by atoms with Gasteiger partial charge in [-0.25, -0.2) is 4.79 Å². The second kappa shape index (κ2) is 4.55. The molecule has 0 saturated heterocycles. The molecule has 0 amide bonds. The van der Waals surface area contributed by atoms with E-state index < -0.39 is 5.97 Å². The third-order valence-corrected chi connectivity index (χ3v) is 0.982. The first-order chi connectivity index (χ1) is 5.07. The summed E-state index contributed by atoms with van der Waals surface area (Å²) < 4.78 is 4.61. The van der Waals surface area contributed by atoms with E-state index in [1.165, 1.54) is 0 Å². The summed E-state index contributed by atoms with van der Waals surface area (Å²) in [5.74, 6) is -0.564. The van der Waals surface area contributed by atoms with Crippen LogP contribution in [0.1, 0.15) is 13.3 Å². The molecule has 1 N–H and O–H groups in total. The summed E-state index contributed by atoms with van der Waals surface area (Å²) in [6.45, 7) is 8.67. The minimum absolute atomic E-state index is 0.0805. The van der Waals surface area contributed by atoms with Gasteiger partial charge < -0.3 is 9.84 Å². The van der Waals surface area contributed by atoms with Gasteiger partial charge in [0.05, 0.1) is 12.4 Å². The highest BCUT2D eigenvalue weighted by Crippen LogP contribution is 2.05. The number of rotatable bonds is 4. The first-order valence-corrected chi connectivity index (χ1v) is 3.29. The zero-order chi connectivity index (χ0) is 8.85. The predicted molar refractivity (Wildman–Crippen MR) is 42.2 cm³/mol. The van der Waals surface area contributed by atoms with Crippen molar-refractivity contribution in [3.63, 3.8) is 0 Å². The van der Waals surface area contributed by atoms with Gasteiger partial charge in [0.15, 0.2) is 0 Å². The highest BCUT2D eigenvalue weighted by molar-refractivity contribution is 5.88. The van der Waals surface area contributed by atoms with Crippen LogP contribution in [0.3, 0.4) is 0 Å². The van der Waals surface area contributed by atoms with Crippen molar-refractivity contribution in [3.05, 3.63) is 24.5 Å². The fourth-order valence-corrected chi connectivity index (χ4v) is 0.552. The molecule has 3 heteroatoms. The maximum Gasteiger partial charge on any atom is 0.333 e. The maximum atomic E-state index is 10.8. The van der Waals surface area contributed by atoms with Crippen LogP contribution in [0.15, 0.2) is 24.5 Å². The standard InChI is InChI=1S/C8H12O3/c1-4-11-8(10)6(2)5-7(3)9/h9H,2-5H2,1H3. The SMILES string of the molecule is C=C(O)CC(=C)C(=O)OCC. The van der Waals surface area contributed by atoms with Crippen molar-refractivity contribution in [3.8, 4) is 0 Å². The zero-order valence-electron chi connectivity index (χ0n) is 6.59. The molecule has 3 nitrogen and oxygen atoms in total. The van der Waals surface area contributed by atoms with E-state index in [-0.39, 0.29) is 17.8 Å². The Hall–Kier alpha value is -1.25. The van der Waals surface area contributed by atoms with E-state index in [9.17, 15) is 4.79 Å². The number of carbonyl (C=O) groups excluding carboxylic acids is 1. The average molecular weight is 156 g/mol. The molecule has 0 aliphatic rings. The van der Waals surface area contributed by atoms with Crippen molar-refractivity contribution in [2.75, 3.05) is 6.61 Å². The Kier molecular flexibility index (Phi) is 4.03. The van der Waals surface area contributed by atoms with Gasteiger partial charge >= 0.3 is 5.97 Å². The Morgan fingerprint density at radius 1 is 1.55 bits per heavy atom. The van der Waals surface area contributed by atoms with E-state index in [1.807, 2.05) is 0 Å². The maximum absolute atomic E-state index is 10.8. The molecule has 0 bridgehead atoms. The molecular formula is C8H12O3. The average Bonchev–Trinajstić information content (AvgIpc) is 1.86. The molecule has 0 radical (unpaired) electrons. The van der Waals surface area contributed by atoms with Gasteiger partial charge in [0, 0.05) is 12.0 Å². The van der Waals surface area contributed by atoms with Crippen LogP contribution < -0.4 is 0 Å². The van der Waals surface area contributed by atoms with Crippen molar-refractivity contribution in [1.82, 2.24) is 0 Å². The summed E-state index contributed by atoms with van der Waals surface area (Å²) in [6.07, 6.45) is 0.0822. The highest BCUT2D eigenvalue weighted by atomic mass is 16.5. The van der Waals surface area contributed by atoms with Gasteiger partial charge in [-0.1, -0.05) is 13.2 Å². The van der Waals surface area contributed by atoms with Crippen LogP contribution in [0.25, 0.3) is 0 Å². The monoisotopic (exact) mass is 156 g/mol. The summed E-state index contributed by atoms with van der Waals surface area (Å²) >= 11 is 0. The Bertz CT molecular complexity index is 182. The quantitative estimate of drug-likeness (QED) is 0.381. The minimum Gasteiger partial charge on any atom is -0.513 e. The normalized spacial score (nSPS) is 8.82. The molecule has 0 atom stereocenters. The van der Waals surface area contributed by atoms with Crippen molar-refractivity contribution >= 4 is 5.97 Å². The summed E-state index contributed by atoms with van der Waals surface area (Å²) in [5.41, 5.74) is 0.222. The molecule has 0 aliphatic carbocycles. The van der Waals surface area contributed by atoms with E-state index in [1.54, 1.807) is 6.92 Å². The zero-order valence-corrected chi connectivity index (χ0v) is 6.59. The van der Waals surface area contributed by atoms with E-state index in [2.05, 4.69) is 17.9 Å². The van der Waals surface area contributed by atoms with Gasteiger partial charge in [0.25, 0.3) is 0 Å². The summed E-state index contributed by atoms with van der Waals surface area (Å²) in [4.78, 5) is 10.8. The molecule has 0 unspecified atom stereocenters. The van der Waals surface area contributed by atoms with E-state index >= 15 is 0 Å². The lowest BCUT2D eigenvalue weighted by atomic mass is 10.2. The topological polar surface area (TPSA) is 46.5 Å². The Balaban J connectivity index is 3.83. The summed E-state index contributed by atoms with van der Waals surface area (Å²) in [5, 5.41) is 8.68. The number of hydrogen-bond donors (Lipinski definition) is 1. The highest BCUT2D eigenvalue weighted by Gasteiger charge is 2.07. The fraction of sp³-hybridized carbons (Fsp3) is 0.375. The fourth-order valence-electron chi connectivity index (χ4n) is 0.552. The first kappa shape index (κ1) is 9.75. The molecule has 0 saturated carbocycles. The smallest absolute Gasteiger partial charge is 0.333 e. The molecule has 11 heavy (non-hydrogen) atoms. The molecule has 0 rings (SSSR count). The van der Waals surface area contributed by atoms with Gasteiger partial charge in [0.2, 0.25) is 0 Å². The van der Waals surface area contributed by atoms with Crippen LogP contribution in [-0.2, 0) is 9.53 Å². The number of ether oxygens (including phenoxy) is 1. The number of allylic oxidation sites excluding steroid dienone is 1. The van der Waals surface area contributed by atoms with E-state index in [4.69, 9.17) is 5.11 Å². The van der Waals surface area contributed by atoms with E-state index in [0.717, 1.165) is 0 Å². The second-order valence-corrected chi connectivity index (χ2v) is 2.07. The van der Waals surface area contributed by atoms with Crippen LogP contribution in [0.5, 0.6) is 0 Å². The Morgan fingerprint density at radius 3 is 2.45 bits per heavy atom. The summed E-state index contributed by atoms with van der Waals surface area (Å²) in [6, 6.07) is 0. The van der Waals surface area contributed by atoms with Crippen LogP contribution in [-0.4, -0.2) is 17.7 Å².